The van der Waals surface area contributed by atoms with Crippen LogP contribution < -0.4 is 0 Å². The number of hydrogen-bond donors (Lipinski definition) is 0. The second-order valence-corrected chi connectivity index (χ2v) is 8.27. The molecule has 1 aromatic rings. The van der Waals surface area contributed by atoms with Crippen LogP contribution in [0.2, 0.25) is 0 Å². The van der Waals surface area contributed by atoms with Gasteiger partial charge in [0, 0.05) is 18.7 Å². The third kappa shape index (κ3) is 4.46. The van der Waals surface area contributed by atoms with E-state index in [0.29, 0.717) is 5.56 Å². The Morgan fingerprint density at radius 3 is 2.55 bits per heavy atom. The largest absolute Gasteiger partial charge is 0.482 e. The summed E-state index contributed by atoms with van der Waals surface area (Å²) in [6.07, 6.45) is 9.45. The molecule has 156 valence electrons. The van der Waals surface area contributed by atoms with Gasteiger partial charge in [-0.1, -0.05) is 37.5 Å². The molecule has 0 bridgehead atoms. The Morgan fingerprint density at radius 2 is 1.79 bits per heavy atom. The monoisotopic (exact) mass is 400 g/mol. The van der Waals surface area contributed by atoms with Crippen LogP contribution in [0.25, 0.3) is 6.08 Å². The number of amides is 2. The van der Waals surface area contributed by atoms with Gasteiger partial charge in [0.1, 0.15) is 18.5 Å². The summed E-state index contributed by atoms with van der Waals surface area (Å²) in [4.78, 5) is 29.8. The SMILES string of the molecule is O=C(CN1C(=O)/C(=C/c2ccccc2F)OC2CCCCC21)N1CCCCCC1. The molecule has 5 nitrogen and oxygen atoms in total. The van der Waals surface area contributed by atoms with Crippen molar-refractivity contribution < 1.29 is 18.7 Å². The predicted octanol–water partition coefficient (Wildman–Crippen LogP) is 3.74. The Labute approximate surface area is 171 Å². The minimum atomic E-state index is -0.394. The maximum atomic E-state index is 14.1. The quantitative estimate of drug-likeness (QED) is 0.727. The normalized spacial score (nSPS) is 26.7. The molecule has 0 spiro atoms. The van der Waals surface area contributed by atoms with Gasteiger partial charge in [-0.05, 0) is 44.2 Å². The molecule has 2 heterocycles. The summed E-state index contributed by atoms with van der Waals surface area (Å²) >= 11 is 0. The zero-order chi connectivity index (χ0) is 20.2. The Balaban J connectivity index is 1.57. The highest BCUT2D eigenvalue weighted by Gasteiger charge is 2.42. The Morgan fingerprint density at radius 1 is 1.07 bits per heavy atom. The lowest BCUT2D eigenvalue weighted by Gasteiger charge is -2.44. The van der Waals surface area contributed by atoms with E-state index in [0.717, 1.165) is 64.5 Å². The first-order valence-corrected chi connectivity index (χ1v) is 10.8. The number of benzene rings is 1. The Hall–Kier alpha value is -2.37. The van der Waals surface area contributed by atoms with Gasteiger partial charge in [0.15, 0.2) is 5.76 Å². The van der Waals surface area contributed by atoms with Crippen molar-refractivity contribution in [3.05, 3.63) is 41.4 Å². The van der Waals surface area contributed by atoms with Gasteiger partial charge >= 0.3 is 0 Å². The van der Waals surface area contributed by atoms with Gasteiger partial charge in [0.05, 0.1) is 6.04 Å². The van der Waals surface area contributed by atoms with E-state index in [-0.39, 0.29) is 36.3 Å². The van der Waals surface area contributed by atoms with Crippen molar-refractivity contribution in [2.24, 2.45) is 0 Å². The van der Waals surface area contributed by atoms with Crippen LogP contribution in [0.4, 0.5) is 4.39 Å². The second kappa shape index (κ2) is 8.97. The summed E-state index contributed by atoms with van der Waals surface area (Å²) in [6, 6.07) is 6.25. The van der Waals surface area contributed by atoms with Crippen molar-refractivity contribution >= 4 is 17.9 Å². The molecule has 3 aliphatic rings. The molecule has 2 aliphatic heterocycles. The van der Waals surface area contributed by atoms with E-state index < -0.39 is 5.82 Å². The first kappa shape index (κ1) is 19.9. The van der Waals surface area contributed by atoms with Gasteiger partial charge < -0.3 is 14.5 Å². The number of nitrogens with zero attached hydrogens (tertiary/aromatic N) is 2. The van der Waals surface area contributed by atoms with E-state index in [9.17, 15) is 14.0 Å². The number of rotatable bonds is 3. The molecule has 0 aromatic heterocycles. The molecule has 0 N–H and O–H groups in total. The van der Waals surface area contributed by atoms with Crippen molar-refractivity contribution in [3.63, 3.8) is 0 Å². The highest BCUT2D eigenvalue weighted by atomic mass is 19.1. The molecule has 2 amide bonds. The number of morpholine rings is 1. The van der Waals surface area contributed by atoms with Crippen LogP contribution in [0, 0.1) is 5.82 Å². The van der Waals surface area contributed by atoms with E-state index in [4.69, 9.17) is 4.74 Å². The molecule has 6 heteroatoms. The zero-order valence-electron chi connectivity index (χ0n) is 16.8. The minimum Gasteiger partial charge on any atom is -0.482 e. The molecule has 2 atom stereocenters. The molecule has 2 unspecified atom stereocenters. The van der Waals surface area contributed by atoms with Crippen LogP contribution in [0.15, 0.2) is 30.0 Å². The molecule has 29 heavy (non-hydrogen) atoms. The zero-order valence-corrected chi connectivity index (χ0v) is 16.8. The van der Waals surface area contributed by atoms with E-state index in [2.05, 4.69) is 0 Å². The maximum Gasteiger partial charge on any atom is 0.289 e. The van der Waals surface area contributed by atoms with Crippen LogP contribution in [-0.4, -0.2) is 53.4 Å². The Bertz CT molecular complexity index is 786. The number of fused-ring (bicyclic) bond motifs is 1. The van der Waals surface area contributed by atoms with Crippen LogP contribution in [0.1, 0.15) is 56.9 Å². The van der Waals surface area contributed by atoms with Gasteiger partial charge in [-0.2, -0.15) is 0 Å². The third-order valence-electron chi connectivity index (χ3n) is 6.27. The first-order chi connectivity index (χ1) is 14.1. The van der Waals surface area contributed by atoms with Crippen molar-refractivity contribution in [3.8, 4) is 0 Å². The summed E-state index contributed by atoms with van der Waals surface area (Å²) in [7, 11) is 0. The van der Waals surface area contributed by atoms with E-state index in [1.807, 2.05) is 4.90 Å². The maximum absolute atomic E-state index is 14.1. The van der Waals surface area contributed by atoms with Gasteiger partial charge in [-0.25, -0.2) is 4.39 Å². The van der Waals surface area contributed by atoms with E-state index in [1.165, 1.54) is 12.1 Å². The standard InChI is InChI=1S/C23H29FN2O3/c24-18-10-4-3-9-17(18)15-21-23(28)26(19-11-5-6-12-20(19)29-21)16-22(27)25-13-7-1-2-8-14-25/h3-4,9-10,15,19-20H,1-2,5-8,11-14,16H2/b21-15-. The van der Waals surface area contributed by atoms with Crippen molar-refractivity contribution in [1.29, 1.82) is 0 Å². The fourth-order valence-electron chi connectivity index (χ4n) is 4.66. The fourth-order valence-corrected chi connectivity index (χ4v) is 4.66. The van der Waals surface area contributed by atoms with Crippen LogP contribution in [0.5, 0.6) is 0 Å². The summed E-state index contributed by atoms with van der Waals surface area (Å²) in [5.41, 5.74) is 0.323. The predicted molar refractivity (Wildman–Crippen MR) is 108 cm³/mol. The molecule has 4 rings (SSSR count). The van der Waals surface area contributed by atoms with Gasteiger partial charge in [-0.15, -0.1) is 0 Å². The van der Waals surface area contributed by atoms with Gasteiger partial charge in [0.2, 0.25) is 5.91 Å². The molecule has 1 saturated carbocycles. The second-order valence-electron chi connectivity index (χ2n) is 8.27. The third-order valence-corrected chi connectivity index (χ3v) is 6.27. The number of likely N-dealkylation sites (tertiary alicyclic amines) is 1. The Kier molecular flexibility index (Phi) is 6.16. The van der Waals surface area contributed by atoms with E-state index >= 15 is 0 Å². The number of carbonyl (C=O) groups excluding carboxylic acids is 2. The molecule has 3 fully saturated rings. The van der Waals surface area contributed by atoms with E-state index in [1.54, 1.807) is 23.1 Å². The van der Waals surface area contributed by atoms with Crippen molar-refractivity contribution in [2.45, 2.75) is 63.5 Å². The number of halogens is 1. The molecular formula is C23H29FN2O3. The van der Waals surface area contributed by atoms with Crippen molar-refractivity contribution in [2.75, 3.05) is 19.6 Å². The average molecular weight is 400 g/mol. The lowest BCUT2D eigenvalue weighted by atomic mass is 9.89. The number of ether oxygens (including phenoxy) is 1. The molecule has 2 saturated heterocycles. The van der Waals surface area contributed by atoms with Crippen LogP contribution in [-0.2, 0) is 14.3 Å². The highest BCUT2D eigenvalue weighted by molar-refractivity contribution is 5.98. The summed E-state index contributed by atoms with van der Waals surface area (Å²) in [6.45, 7) is 1.62. The molecule has 1 aliphatic carbocycles. The van der Waals surface area contributed by atoms with Crippen LogP contribution in [0.3, 0.4) is 0 Å². The smallest absolute Gasteiger partial charge is 0.289 e. The van der Waals surface area contributed by atoms with Gasteiger partial charge in [-0.3, -0.25) is 9.59 Å². The van der Waals surface area contributed by atoms with Crippen molar-refractivity contribution in [1.82, 2.24) is 9.80 Å². The number of carbonyl (C=O) groups is 2. The number of hydrogen-bond acceptors (Lipinski definition) is 3. The molecule has 0 radical (unpaired) electrons. The highest BCUT2D eigenvalue weighted by Crippen LogP contribution is 2.33. The van der Waals surface area contributed by atoms with Gasteiger partial charge in [0.25, 0.3) is 5.91 Å². The summed E-state index contributed by atoms with van der Waals surface area (Å²) in [5.74, 6) is -0.549. The van der Waals surface area contributed by atoms with Crippen LogP contribution >= 0.6 is 0 Å². The minimum absolute atomic E-state index is 0.0108. The first-order valence-electron chi connectivity index (χ1n) is 10.8. The lowest BCUT2D eigenvalue weighted by molar-refractivity contribution is -0.154. The lowest BCUT2D eigenvalue weighted by Crippen LogP contribution is -2.57. The molecular weight excluding hydrogens is 371 g/mol. The fraction of sp³-hybridized carbons (Fsp3) is 0.565. The average Bonchev–Trinajstić information content (AvgIpc) is 3.02. The topological polar surface area (TPSA) is 49.9 Å². The summed E-state index contributed by atoms with van der Waals surface area (Å²) < 4.78 is 20.1. The molecule has 1 aromatic carbocycles. The summed E-state index contributed by atoms with van der Waals surface area (Å²) in [5, 5.41) is 0.